The lowest BCUT2D eigenvalue weighted by Gasteiger charge is -2.46. The second-order valence-electron chi connectivity index (χ2n) is 9.29. The van der Waals surface area contributed by atoms with E-state index in [-0.39, 0.29) is 41.8 Å². The van der Waals surface area contributed by atoms with Crippen molar-refractivity contribution in [2.45, 2.75) is 30.0 Å². The monoisotopic (exact) mass is 566 g/mol. The molecule has 5 rings (SSSR count). The molecular formula is C24H18ClF7N2O2S. The predicted molar refractivity (Wildman–Crippen MR) is 123 cm³/mol. The minimum Gasteiger partial charge on any atom is -0.374 e. The van der Waals surface area contributed by atoms with E-state index in [2.05, 4.69) is 5.16 Å². The van der Waals surface area contributed by atoms with E-state index in [9.17, 15) is 31.1 Å². The van der Waals surface area contributed by atoms with Crippen LogP contribution in [0.4, 0.5) is 30.7 Å². The van der Waals surface area contributed by atoms with Crippen LogP contribution in [0.2, 0.25) is 5.02 Å². The Balaban J connectivity index is 1.33. The average molecular weight is 567 g/mol. The van der Waals surface area contributed by atoms with Crippen LogP contribution in [0.1, 0.15) is 28.7 Å². The van der Waals surface area contributed by atoms with E-state index in [1.807, 2.05) is 0 Å². The summed E-state index contributed by atoms with van der Waals surface area (Å²) >= 11 is 7.31. The van der Waals surface area contributed by atoms with Crippen LogP contribution in [0.15, 0.2) is 47.6 Å². The van der Waals surface area contributed by atoms with E-state index in [0.29, 0.717) is 18.2 Å². The highest BCUT2D eigenvalue weighted by atomic mass is 35.5. The van der Waals surface area contributed by atoms with Gasteiger partial charge in [0, 0.05) is 23.5 Å². The number of carbonyl (C=O) groups is 1. The van der Waals surface area contributed by atoms with Gasteiger partial charge in [0.05, 0.1) is 35.3 Å². The standard InChI is InChI=1S/C24H18ClF7N2O2S/c25-18-7-16(5-6-17(18)23(27,28)29)22(24(30,31)32)8-19(33-36-22)13-1-3-15(4-2-13)21(26)11-34(12-21)20(35)14-9-37-10-14/h1-7,14H,8-12H2. The first-order chi connectivity index (χ1) is 17.2. The fourth-order valence-corrected chi connectivity index (χ4v) is 5.59. The Labute approximate surface area is 215 Å². The summed E-state index contributed by atoms with van der Waals surface area (Å²) in [5.74, 6) is 1.30. The summed E-state index contributed by atoms with van der Waals surface area (Å²) in [6.07, 6.45) is -10.7. The lowest BCUT2D eigenvalue weighted by molar-refractivity contribution is -0.275. The van der Waals surface area contributed by atoms with Gasteiger partial charge in [-0.25, -0.2) is 4.39 Å². The highest BCUT2D eigenvalue weighted by Crippen LogP contribution is 2.50. The van der Waals surface area contributed by atoms with Crippen molar-refractivity contribution in [2.75, 3.05) is 24.6 Å². The van der Waals surface area contributed by atoms with Crippen molar-refractivity contribution in [1.82, 2.24) is 4.90 Å². The van der Waals surface area contributed by atoms with E-state index in [0.717, 1.165) is 11.5 Å². The van der Waals surface area contributed by atoms with Gasteiger partial charge in [0.2, 0.25) is 5.91 Å². The van der Waals surface area contributed by atoms with E-state index in [1.165, 1.54) is 29.2 Å². The van der Waals surface area contributed by atoms with Gasteiger partial charge < -0.3 is 9.74 Å². The molecular weight excluding hydrogens is 549 g/mol. The van der Waals surface area contributed by atoms with Gasteiger partial charge in [0.1, 0.15) is 0 Å². The van der Waals surface area contributed by atoms with Crippen LogP contribution >= 0.6 is 23.4 Å². The second kappa shape index (κ2) is 8.79. The molecule has 0 spiro atoms. The Morgan fingerprint density at radius 1 is 1.03 bits per heavy atom. The maximum Gasteiger partial charge on any atom is 0.435 e. The molecule has 0 N–H and O–H groups in total. The molecule has 2 aromatic carbocycles. The summed E-state index contributed by atoms with van der Waals surface area (Å²) in [4.78, 5) is 18.6. The minimum absolute atomic E-state index is 0.0760. The molecule has 0 aliphatic carbocycles. The number of alkyl halides is 7. The predicted octanol–water partition coefficient (Wildman–Crippen LogP) is 6.31. The zero-order valence-electron chi connectivity index (χ0n) is 18.8. The van der Waals surface area contributed by atoms with Crippen molar-refractivity contribution in [3.63, 3.8) is 0 Å². The molecule has 13 heteroatoms. The van der Waals surface area contributed by atoms with E-state index in [4.69, 9.17) is 16.4 Å². The highest BCUT2D eigenvalue weighted by molar-refractivity contribution is 8.00. The zero-order valence-corrected chi connectivity index (χ0v) is 20.4. The Bertz CT molecular complexity index is 1260. The molecule has 37 heavy (non-hydrogen) atoms. The summed E-state index contributed by atoms with van der Waals surface area (Å²) in [6.45, 7) is -0.190. The molecule has 2 saturated heterocycles. The summed E-state index contributed by atoms with van der Waals surface area (Å²) in [6, 6.07) is 7.36. The molecule has 0 aromatic heterocycles. The third-order valence-corrected chi connectivity index (χ3v) is 8.43. The summed E-state index contributed by atoms with van der Waals surface area (Å²) < 4.78 is 96.9. The molecule has 3 heterocycles. The highest BCUT2D eigenvalue weighted by Gasteiger charge is 2.62. The van der Waals surface area contributed by atoms with Crippen LogP contribution in [0.3, 0.4) is 0 Å². The number of benzene rings is 2. The molecule has 0 saturated carbocycles. The van der Waals surface area contributed by atoms with Crippen LogP contribution < -0.4 is 0 Å². The quantitative estimate of drug-likeness (QED) is 0.407. The lowest BCUT2D eigenvalue weighted by Crippen LogP contribution is -2.61. The molecule has 3 aliphatic heterocycles. The molecule has 1 amide bonds. The number of thioether (sulfide) groups is 1. The zero-order chi connectivity index (χ0) is 26.8. The van der Waals surface area contributed by atoms with Crippen LogP contribution in [0.25, 0.3) is 0 Å². The topological polar surface area (TPSA) is 41.9 Å². The van der Waals surface area contributed by atoms with Crippen molar-refractivity contribution < 1.29 is 40.4 Å². The van der Waals surface area contributed by atoms with Gasteiger partial charge in [-0.05, 0) is 23.3 Å². The Hall–Kier alpha value is -2.47. The largest absolute Gasteiger partial charge is 0.435 e. The lowest BCUT2D eigenvalue weighted by atomic mass is 9.84. The summed E-state index contributed by atoms with van der Waals surface area (Å²) in [5.41, 5.74) is -6.29. The molecule has 0 bridgehead atoms. The van der Waals surface area contributed by atoms with Crippen molar-refractivity contribution in [3.8, 4) is 0 Å². The number of hydrogen-bond donors (Lipinski definition) is 0. The smallest absolute Gasteiger partial charge is 0.374 e. The van der Waals surface area contributed by atoms with Gasteiger partial charge in [0.25, 0.3) is 5.60 Å². The van der Waals surface area contributed by atoms with Gasteiger partial charge in [-0.1, -0.05) is 47.1 Å². The number of likely N-dealkylation sites (tertiary alicyclic amines) is 1. The fraction of sp³-hybridized carbons (Fsp3) is 0.417. The third kappa shape index (κ3) is 4.45. The molecule has 3 aliphatic rings. The maximum atomic E-state index is 15.3. The first-order valence-corrected chi connectivity index (χ1v) is 12.6. The Morgan fingerprint density at radius 3 is 2.16 bits per heavy atom. The summed E-state index contributed by atoms with van der Waals surface area (Å²) in [7, 11) is 0. The first-order valence-electron chi connectivity index (χ1n) is 11.1. The first kappa shape index (κ1) is 26.1. The molecule has 1 atom stereocenters. The van der Waals surface area contributed by atoms with E-state index in [1.54, 1.807) is 11.8 Å². The SMILES string of the molecule is O=C(C1CSC1)N1CC(F)(c2ccc(C3=NOC(c4ccc(C(F)(F)F)c(Cl)c4)(C(F)(F)F)C3)cc2)C1. The van der Waals surface area contributed by atoms with Gasteiger partial charge in [-0.15, -0.1) is 0 Å². The van der Waals surface area contributed by atoms with Gasteiger partial charge in [-0.3, -0.25) is 4.79 Å². The van der Waals surface area contributed by atoms with Crippen molar-refractivity contribution in [1.29, 1.82) is 0 Å². The number of rotatable bonds is 4. The average Bonchev–Trinajstić information content (AvgIpc) is 3.22. The molecule has 1 unspecified atom stereocenters. The number of carbonyl (C=O) groups excluding carboxylic acids is 1. The van der Waals surface area contributed by atoms with Gasteiger partial charge in [-0.2, -0.15) is 38.1 Å². The number of halogens is 8. The third-order valence-electron chi connectivity index (χ3n) is 6.84. The number of hydrogen-bond acceptors (Lipinski definition) is 4. The van der Waals surface area contributed by atoms with Crippen LogP contribution in [0, 0.1) is 5.92 Å². The van der Waals surface area contributed by atoms with E-state index >= 15 is 4.39 Å². The van der Waals surface area contributed by atoms with Crippen molar-refractivity contribution >= 4 is 35.0 Å². The van der Waals surface area contributed by atoms with Gasteiger partial charge >= 0.3 is 12.4 Å². The Morgan fingerprint density at radius 2 is 1.65 bits per heavy atom. The van der Waals surface area contributed by atoms with Gasteiger partial charge in [0.15, 0.2) is 5.67 Å². The number of nitrogens with zero attached hydrogens (tertiary/aromatic N) is 2. The molecule has 4 nitrogen and oxygen atoms in total. The second-order valence-corrected chi connectivity index (χ2v) is 10.8. The molecule has 198 valence electrons. The Kier molecular flexibility index (Phi) is 6.21. The van der Waals surface area contributed by atoms with Crippen molar-refractivity contribution in [3.05, 3.63) is 69.7 Å². The summed E-state index contributed by atoms with van der Waals surface area (Å²) in [5, 5.41) is 2.69. The number of oxime groups is 1. The normalized spacial score (nSPS) is 23.7. The maximum absolute atomic E-state index is 15.3. The van der Waals surface area contributed by atoms with E-state index < -0.39 is 46.2 Å². The molecule has 2 fully saturated rings. The molecule has 2 aromatic rings. The van der Waals surface area contributed by atoms with Crippen LogP contribution in [0.5, 0.6) is 0 Å². The minimum atomic E-state index is -5.04. The fourth-order valence-electron chi connectivity index (χ4n) is 4.55. The van der Waals surface area contributed by atoms with Crippen LogP contribution in [-0.4, -0.2) is 47.3 Å². The van der Waals surface area contributed by atoms with Crippen LogP contribution in [-0.2, 0) is 27.1 Å². The molecule has 0 radical (unpaired) electrons. The van der Waals surface area contributed by atoms with Crippen molar-refractivity contribution in [2.24, 2.45) is 11.1 Å². The number of amides is 1.